The molecule has 0 aromatic heterocycles. The van der Waals surface area contributed by atoms with Crippen LogP contribution in [0.1, 0.15) is 36.8 Å². The number of nitrogens with zero attached hydrogens (tertiary/aromatic N) is 1. The predicted octanol–water partition coefficient (Wildman–Crippen LogP) is 3.48. The smallest absolute Gasteiger partial charge is 0.251 e. The molecule has 1 unspecified atom stereocenters. The van der Waals surface area contributed by atoms with E-state index in [9.17, 15) is 9.59 Å². The number of hydrogen-bond acceptors (Lipinski definition) is 3. The van der Waals surface area contributed by atoms with Crippen molar-refractivity contribution in [3.8, 4) is 11.1 Å². The summed E-state index contributed by atoms with van der Waals surface area (Å²) in [5.41, 5.74) is 9.94. The number of carbonyl (C=O) groups excluding carboxylic acids is 2. The fourth-order valence-corrected chi connectivity index (χ4v) is 4.67. The monoisotopic (exact) mass is 406 g/mol. The van der Waals surface area contributed by atoms with E-state index in [0.717, 1.165) is 24.0 Å². The maximum absolute atomic E-state index is 12.6. The number of aryl methyl sites for hydroxylation is 1. The Kier molecular flexibility index (Phi) is 5.91. The van der Waals surface area contributed by atoms with Gasteiger partial charge in [0.25, 0.3) is 5.91 Å². The SMILES string of the molecule is Cc1cccc(-c2ccc(CC3(C(N)=O)CCN(C(=O)C4CCCO4)CC3)cc2)c1. The largest absolute Gasteiger partial charge is 0.369 e. The number of hydrogen-bond donors (Lipinski definition) is 1. The highest BCUT2D eigenvalue weighted by Crippen LogP contribution is 2.36. The minimum atomic E-state index is -0.599. The van der Waals surface area contributed by atoms with Crippen molar-refractivity contribution in [2.45, 2.75) is 45.1 Å². The van der Waals surface area contributed by atoms with Crippen molar-refractivity contribution in [2.24, 2.45) is 11.1 Å². The summed E-state index contributed by atoms with van der Waals surface area (Å²) in [4.78, 5) is 26.9. The Bertz CT molecular complexity index is 908. The Morgan fingerprint density at radius 3 is 2.43 bits per heavy atom. The zero-order valence-electron chi connectivity index (χ0n) is 17.6. The van der Waals surface area contributed by atoms with E-state index in [1.807, 2.05) is 4.90 Å². The number of nitrogens with two attached hydrogens (primary N) is 1. The summed E-state index contributed by atoms with van der Waals surface area (Å²) in [6, 6.07) is 16.8. The second kappa shape index (κ2) is 8.60. The van der Waals surface area contributed by atoms with Crippen molar-refractivity contribution >= 4 is 11.8 Å². The summed E-state index contributed by atoms with van der Waals surface area (Å²) >= 11 is 0. The van der Waals surface area contributed by atoms with E-state index >= 15 is 0 Å². The van der Waals surface area contributed by atoms with Crippen LogP contribution in [0.3, 0.4) is 0 Å². The molecule has 2 saturated heterocycles. The molecular weight excluding hydrogens is 376 g/mol. The number of primary amides is 1. The van der Waals surface area contributed by atoms with Gasteiger partial charge in [0, 0.05) is 19.7 Å². The Morgan fingerprint density at radius 2 is 1.83 bits per heavy atom. The zero-order chi connectivity index (χ0) is 21.1. The van der Waals surface area contributed by atoms with Gasteiger partial charge in [0.15, 0.2) is 0 Å². The minimum absolute atomic E-state index is 0.0630. The summed E-state index contributed by atoms with van der Waals surface area (Å²) < 4.78 is 5.54. The summed E-state index contributed by atoms with van der Waals surface area (Å²) in [5.74, 6) is -0.206. The van der Waals surface area contributed by atoms with Gasteiger partial charge in [-0.2, -0.15) is 0 Å². The third-order valence-electron chi connectivity index (χ3n) is 6.61. The fourth-order valence-electron chi connectivity index (χ4n) is 4.67. The van der Waals surface area contributed by atoms with Crippen molar-refractivity contribution in [3.05, 3.63) is 59.7 Å². The van der Waals surface area contributed by atoms with Gasteiger partial charge in [0.1, 0.15) is 6.10 Å². The number of carbonyl (C=O) groups is 2. The normalized spacial score (nSPS) is 20.8. The van der Waals surface area contributed by atoms with Crippen LogP contribution in [0.15, 0.2) is 48.5 Å². The lowest BCUT2D eigenvalue weighted by molar-refractivity contribution is -0.146. The maximum Gasteiger partial charge on any atom is 0.251 e. The van der Waals surface area contributed by atoms with Crippen molar-refractivity contribution in [2.75, 3.05) is 19.7 Å². The van der Waals surface area contributed by atoms with Crippen LogP contribution in [0.5, 0.6) is 0 Å². The fraction of sp³-hybridized carbons (Fsp3) is 0.440. The molecule has 2 fully saturated rings. The van der Waals surface area contributed by atoms with Gasteiger partial charge < -0.3 is 15.4 Å². The molecule has 2 aliphatic rings. The second-order valence-electron chi connectivity index (χ2n) is 8.71. The summed E-state index contributed by atoms with van der Waals surface area (Å²) in [7, 11) is 0. The first-order valence-corrected chi connectivity index (χ1v) is 10.8. The molecule has 5 heteroatoms. The Hall–Kier alpha value is -2.66. The van der Waals surface area contributed by atoms with Crippen LogP contribution in [0, 0.1) is 12.3 Å². The molecule has 0 saturated carbocycles. The van der Waals surface area contributed by atoms with E-state index in [1.165, 1.54) is 11.1 Å². The van der Waals surface area contributed by atoms with E-state index < -0.39 is 5.41 Å². The van der Waals surface area contributed by atoms with Crippen LogP contribution in [0.4, 0.5) is 0 Å². The van der Waals surface area contributed by atoms with Gasteiger partial charge in [-0.1, -0.05) is 54.1 Å². The molecule has 30 heavy (non-hydrogen) atoms. The molecule has 0 aliphatic carbocycles. The highest BCUT2D eigenvalue weighted by molar-refractivity contribution is 5.83. The lowest BCUT2D eigenvalue weighted by Crippen LogP contribution is -2.51. The van der Waals surface area contributed by atoms with E-state index in [4.69, 9.17) is 10.5 Å². The molecule has 5 nitrogen and oxygen atoms in total. The average molecular weight is 407 g/mol. The predicted molar refractivity (Wildman–Crippen MR) is 117 cm³/mol. The first-order valence-electron chi connectivity index (χ1n) is 10.8. The molecular formula is C25H30N2O3. The molecule has 0 radical (unpaired) electrons. The summed E-state index contributed by atoms with van der Waals surface area (Å²) in [6.07, 6.45) is 3.23. The Labute approximate surface area is 178 Å². The molecule has 2 aromatic rings. The zero-order valence-corrected chi connectivity index (χ0v) is 17.6. The van der Waals surface area contributed by atoms with Gasteiger partial charge >= 0.3 is 0 Å². The van der Waals surface area contributed by atoms with Crippen LogP contribution in [-0.4, -0.2) is 42.5 Å². The molecule has 2 amide bonds. The average Bonchev–Trinajstić information content (AvgIpc) is 3.29. The third-order valence-corrected chi connectivity index (χ3v) is 6.61. The molecule has 1 atom stereocenters. The summed E-state index contributed by atoms with van der Waals surface area (Å²) in [5, 5.41) is 0. The highest BCUT2D eigenvalue weighted by Gasteiger charge is 2.42. The number of amides is 2. The van der Waals surface area contributed by atoms with Crippen molar-refractivity contribution in [1.82, 2.24) is 4.90 Å². The lowest BCUT2D eigenvalue weighted by atomic mass is 9.73. The lowest BCUT2D eigenvalue weighted by Gasteiger charge is -2.40. The number of piperidine rings is 1. The standard InChI is InChI=1S/C25H30N2O3/c1-18-4-2-5-21(16-18)20-9-7-19(8-10-20)17-25(24(26)29)11-13-27(14-12-25)23(28)22-6-3-15-30-22/h2,4-5,7-10,16,22H,3,6,11-15,17H2,1H3,(H2,26,29). The van der Waals surface area contributed by atoms with Gasteiger partial charge in [-0.05, 0) is 55.7 Å². The van der Waals surface area contributed by atoms with E-state index in [1.54, 1.807) is 0 Å². The van der Waals surface area contributed by atoms with Crippen molar-refractivity contribution in [1.29, 1.82) is 0 Å². The van der Waals surface area contributed by atoms with Gasteiger partial charge in [0.05, 0.1) is 5.41 Å². The molecule has 0 bridgehead atoms. The molecule has 2 heterocycles. The van der Waals surface area contributed by atoms with E-state index in [2.05, 4.69) is 55.5 Å². The molecule has 0 spiro atoms. The molecule has 158 valence electrons. The second-order valence-corrected chi connectivity index (χ2v) is 8.71. The Balaban J connectivity index is 1.44. The number of ether oxygens (including phenoxy) is 1. The molecule has 2 aliphatic heterocycles. The van der Waals surface area contributed by atoms with Crippen LogP contribution in [0.25, 0.3) is 11.1 Å². The molecule has 4 rings (SSSR count). The quantitative estimate of drug-likeness (QED) is 0.826. The summed E-state index contributed by atoms with van der Waals surface area (Å²) in [6.45, 7) is 3.87. The van der Waals surface area contributed by atoms with E-state index in [-0.39, 0.29) is 17.9 Å². The third kappa shape index (κ3) is 4.26. The number of rotatable bonds is 5. The van der Waals surface area contributed by atoms with Gasteiger partial charge in [-0.25, -0.2) is 0 Å². The minimum Gasteiger partial charge on any atom is -0.369 e. The van der Waals surface area contributed by atoms with E-state index in [0.29, 0.717) is 39.0 Å². The molecule has 2 aromatic carbocycles. The number of likely N-dealkylation sites (tertiary alicyclic amines) is 1. The molecule has 2 N–H and O–H groups in total. The van der Waals surface area contributed by atoms with Gasteiger partial charge in [-0.15, -0.1) is 0 Å². The highest BCUT2D eigenvalue weighted by atomic mass is 16.5. The number of benzene rings is 2. The van der Waals surface area contributed by atoms with Crippen molar-refractivity contribution in [3.63, 3.8) is 0 Å². The van der Waals surface area contributed by atoms with Gasteiger partial charge in [0.2, 0.25) is 5.91 Å². The van der Waals surface area contributed by atoms with Crippen LogP contribution < -0.4 is 5.73 Å². The first-order chi connectivity index (χ1) is 14.5. The van der Waals surface area contributed by atoms with Crippen LogP contribution >= 0.6 is 0 Å². The topological polar surface area (TPSA) is 72.6 Å². The first kappa shape index (κ1) is 20.6. The van der Waals surface area contributed by atoms with Crippen LogP contribution in [-0.2, 0) is 20.7 Å². The van der Waals surface area contributed by atoms with Crippen LogP contribution in [0.2, 0.25) is 0 Å². The maximum atomic E-state index is 12.6. The van der Waals surface area contributed by atoms with Crippen molar-refractivity contribution < 1.29 is 14.3 Å². The Morgan fingerprint density at radius 1 is 1.10 bits per heavy atom. The van der Waals surface area contributed by atoms with Gasteiger partial charge in [-0.3, -0.25) is 9.59 Å².